The van der Waals surface area contributed by atoms with E-state index in [0.717, 1.165) is 26.2 Å². The van der Waals surface area contributed by atoms with Crippen molar-refractivity contribution in [2.45, 2.75) is 13.0 Å². The van der Waals surface area contributed by atoms with E-state index in [1.807, 2.05) is 17.9 Å². The fraction of sp³-hybridized carbons (Fsp3) is 0.538. The Bertz CT molecular complexity index is 445. The topological polar surface area (TPSA) is 69.8 Å². The van der Waals surface area contributed by atoms with Crippen LogP contribution in [0.5, 0.6) is 0 Å². The van der Waals surface area contributed by atoms with Crippen LogP contribution in [0, 0.1) is 10.1 Å². The van der Waals surface area contributed by atoms with Gasteiger partial charge in [0.2, 0.25) is 0 Å². The molecule has 0 amide bonds. The molecule has 1 atom stereocenters. The zero-order chi connectivity index (χ0) is 13.8. The minimum atomic E-state index is -0.335. The normalized spacial score (nSPS) is 18.3. The van der Waals surface area contributed by atoms with Gasteiger partial charge < -0.3 is 10.0 Å². The maximum atomic E-state index is 11.0. The molecule has 0 saturated carbocycles. The van der Waals surface area contributed by atoms with Crippen LogP contribution in [0.1, 0.15) is 6.92 Å². The van der Waals surface area contributed by atoms with Crippen molar-refractivity contribution in [2.75, 3.05) is 37.7 Å². The molecule has 1 aliphatic rings. The molecule has 19 heavy (non-hydrogen) atoms. The second-order valence-electron chi connectivity index (χ2n) is 4.80. The van der Waals surface area contributed by atoms with Crippen LogP contribution in [0.15, 0.2) is 24.3 Å². The van der Waals surface area contributed by atoms with E-state index in [0.29, 0.717) is 5.69 Å². The summed E-state index contributed by atoms with van der Waals surface area (Å²) in [5.74, 6) is 0. The van der Waals surface area contributed by atoms with Gasteiger partial charge in [-0.15, -0.1) is 0 Å². The van der Waals surface area contributed by atoms with Crippen molar-refractivity contribution >= 4 is 11.4 Å². The number of aliphatic hydroxyl groups excluding tert-OH is 1. The van der Waals surface area contributed by atoms with Crippen molar-refractivity contribution in [3.63, 3.8) is 0 Å². The molecule has 104 valence electrons. The third-order valence-corrected chi connectivity index (χ3v) is 3.62. The molecule has 1 N–H and O–H groups in total. The van der Waals surface area contributed by atoms with Crippen LogP contribution in [0.4, 0.5) is 11.4 Å². The highest BCUT2D eigenvalue weighted by molar-refractivity contribution is 5.63. The lowest BCUT2D eigenvalue weighted by Crippen LogP contribution is -2.50. The number of hydrogen-bond donors (Lipinski definition) is 1. The lowest BCUT2D eigenvalue weighted by molar-refractivity contribution is -0.384. The summed E-state index contributed by atoms with van der Waals surface area (Å²) in [4.78, 5) is 14.9. The van der Waals surface area contributed by atoms with E-state index >= 15 is 0 Å². The Labute approximate surface area is 112 Å². The molecule has 1 heterocycles. The molecule has 1 saturated heterocycles. The average molecular weight is 265 g/mol. The van der Waals surface area contributed by atoms with E-state index in [1.54, 1.807) is 12.1 Å². The van der Waals surface area contributed by atoms with Gasteiger partial charge in [-0.2, -0.15) is 0 Å². The van der Waals surface area contributed by atoms with Gasteiger partial charge in [-0.3, -0.25) is 15.0 Å². The number of hydrogen-bond acceptors (Lipinski definition) is 5. The molecule has 0 spiro atoms. The highest BCUT2D eigenvalue weighted by Gasteiger charge is 2.24. The number of anilines is 1. The molecule has 6 nitrogen and oxygen atoms in total. The molecular weight excluding hydrogens is 246 g/mol. The second-order valence-corrected chi connectivity index (χ2v) is 4.80. The van der Waals surface area contributed by atoms with Crippen LogP contribution < -0.4 is 4.90 Å². The van der Waals surface area contributed by atoms with Gasteiger partial charge >= 0.3 is 0 Å². The first-order valence-corrected chi connectivity index (χ1v) is 6.46. The number of nitro groups is 1. The molecule has 1 fully saturated rings. The minimum Gasteiger partial charge on any atom is -0.395 e. The summed E-state index contributed by atoms with van der Waals surface area (Å²) in [6, 6.07) is 6.99. The van der Waals surface area contributed by atoms with Gasteiger partial charge in [0.1, 0.15) is 5.69 Å². The van der Waals surface area contributed by atoms with Crippen molar-refractivity contribution in [1.82, 2.24) is 4.90 Å². The van der Waals surface area contributed by atoms with Crippen molar-refractivity contribution in [3.05, 3.63) is 34.4 Å². The van der Waals surface area contributed by atoms with Crippen LogP contribution in [0.3, 0.4) is 0 Å². The second kappa shape index (κ2) is 5.99. The number of nitro benzene ring substituents is 1. The van der Waals surface area contributed by atoms with Crippen molar-refractivity contribution < 1.29 is 10.0 Å². The summed E-state index contributed by atoms with van der Waals surface area (Å²) in [5, 5.41) is 20.2. The zero-order valence-electron chi connectivity index (χ0n) is 11.0. The van der Waals surface area contributed by atoms with Gasteiger partial charge in [-0.05, 0) is 13.0 Å². The van der Waals surface area contributed by atoms with Gasteiger partial charge in [0.25, 0.3) is 5.69 Å². The molecular formula is C13H19N3O3. The van der Waals surface area contributed by atoms with Crippen LogP contribution in [0.25, 0.3) is 0 Å². The van der Waals surface area contributed by atoms with E-state index in [1.165, 1.54) is 6.07 Å². The first-order valence-electron chi connectivity index (χ1n) is 6.46. The molecule has 0 bridgehead atoms. The number of nitrogens with zero attached hydrogens (tertiary/aromatic N) is 3. The highest BCUT2D eigenvalue weighted by Crippen LogP contribution is 2.28. The smallest absolute Gasteiger partial charge is 0.292 e. The van der Waals surface area contributed by atoms with Gasteiger partial charge in [-0.25, -0.2) is 0 Å². The summed E-state index contributed by atoms with van der Waals surface area (Å²) in [6.07, 6.45) is 0. The van der Waals surface area contributed by atoms with E-state index in [-0.39, 0.29) is 23.3 Å². The first kappa shape index (κ1) is 13.8. The van der Waals surface area contributed by atoms with E-state index in [4.69, 9.17) is 5.11 Å². The van der Waals surface area contributed by atoms with Crippen LogP contribution in [-0.4, -0.2) is 53.8 Å². The maximum Gasteiger partial charge on any atom is 0.292 e. The molecule has 0 radical (unpaired) electrons. The quantitative estimate of drug-likeness (QED) is 0.652. The third kappa shape index (κ3) is 3.02. The largest absolute Gasteiger partial charge is 0.395 e. The molecule has 0 aliphatic carbocycles. The third-order valence-electron chi connectivity index (χ3n) is 3.62. The Balaban J connectivity index is 2.08. The predicted molar refractivity (Wildman–Crippen MR) is 73.4 cm³/mol. The average Bonchev–Trinajstić information content (AvgIpc) is 2.46. The standard InChI is InChI=1S/C13H19N3O3/c1-11(10-17)14-6-8-15(9-7-14)12-4-2-3-5-13(12)16(18)19/h2-5,11,17H,6-10H2,1H3/t11-/m0/s1. The van der Waals surface area contributed by atoms with Crippen LogP contribution in [-0.2, 0) is 0 Å². The molecule has 1 aromatic carbocycles. The van der Waals surface area contributed by atoms with E-state index in [9.17, 15) is 10.1 Å². The maximum absolute atomic E-state index is 11.0. The number of benzene rings is 1. The zero-order valence-corrected chi connectivity index (χ0v) is 11.0. The molecule has 0 aromatic heterocycles. The monoisotopic (exact) mass is 265 g/mol. The Morgan fingerprint density at radius 1 is 1.32 bits per heavy atom. The number of piperazine rings is 1. The fourth-order valence-electron chi connectivity index (χ4n) is 2.41. The van der Waals surface area contributed by atoms with Gasteiger partial charge in [0.05, 0.1) is 11.5 Å². The lowest BCUT2D eigenvalue weighted by Gasteiger charge is -2.38. The summed E-state index contributed by atoms with van der Waals surface area (Å²) in [6.45, 7) is 5.25. The molecule has 2 rings (SSSR count). The van der Waals surface area contributed by atoms with Gasteiger partial charge in [0.15, 0.2) is 0 Å². The van der Waals surface area contributed by atoms with Gasteiger partial charge in [0, 0.05) is 38.3 Å². The fourth-order valence-corrected chi connectivity index (χ4v) is 2.41. The van der Waals surface area contributed by atoms with Crippen LogP contribution >= 0.6 is 0 Å². The number of aliphatic hydroxyl groups is 1. The SMILES string of the molecule is C[C@@H](CO)N1CCN(c2ccccc2[N+](=O)[O-])CC1. The van der Waals surface area contributed by atoms with Crippen molar-refractivity contribution in [2.24, 2.45) is 0 Å². The molecule has 1 aliphatic heterocycles. The van der Waals surface area contributed by atoms with E-state index < -0.39 is 0 Å². The predicted octanol–water partition coefficient (Wildman–Crippen LogP) is 1.10. The Morgan fingerprint density at radius 2 is 1.95 bits per heavy atom. The van der Waals surface area contributed by atoms with Gasteiger partial charge in [-0.1, -0.05) is 12.1 Å². The van der Waals surface area contributed by atoms with Crippen molar-refractivity contribution in [3.8, 4) is 0 Å². The molecule has 0 unspecified atom stereocenters. The minimum absolute atomic E-state index is 0.144. The first-order chi connectivity index (χ1) is 9.13. The molecule has 1 aromatic rings. The number of rotatable bonds is 4. The Morgan fingerprint density at radius 3 is 2.53 bits per heavy atom. The number of para-hydroxylation sites is 2. The van der Waals surface area contributed by atoms with Crippen molar-refractivity contribution in [1.29, 1.82) is 0 Å². The van der Waals surface area contributed by atoms with E-state index in [2.05, 4.69) is 4.90 Å². The summed E-state index contributed by atoms with van der Waals surface area (Å²) in [7, 11) is 0. The summed E-state index contributed by atoms with van der Waals surface area (Å²) >= 11 is 0. The molecule has 6 heteroatoms. The summed E-state index contributed by atoms with van der Waals surface area (Å²) in [5.41, 5.74) is 0.843. The highest BCUT2D eigenvalue weighted by atomic mass is 16.6. The lowest BCUT2D eigenvalue weighted by atomic mass is 10.2. The Kier molecular flexibility index (Phi) is 4.34. The Hall–Kier alpha value is -1.66. The summed E-state index contributed by atoms with van der Waals surface area (Å²) < 4.78 is 0. The van der Waals surface area contributed by atoms with Crippen LogP contribution in [0.2, 0.25) is 0 Å².